The van der Waals surface area contributed by atoms with Gasteiger partial charge in [0.05, 0.1) is 11.9 Å². The number of halogens is 1. The number of carbonyl (C=O) groups is 1. The lowest BCUT2D eigenvalue weighted by molar-refractivity contribution is -0.128. The quantitative estimate of drug-likeness (QED) is 0.901. The molecule has 2 atom stereocenters. The van der Waals surface area contributed by atoms with Gasteiger partial charge in [-0.1, -0.05) is 6.07 Å². The van der Waals surface area contributed by atoms with E-state index in [2.05, 4.69) is 15.3 Å². The Hall–Kier alpha value is -2.57. The number of nitrogens with zero attached hydrogens (tertiary/aromatic N) is 3. The van der Waals surface area contributed by atoms with Gasteiger partial charge in [-0.15, -0.1) is 0 Å². The van der Waals surface area contributed by atoms with Gasteiger partial charge in [-0.3, -0.25) is 9.48 Å². The van der Waals surface area contributed by atoms with Crippen molar-refractivity contribution in [1.82, 2.24) is 15.1 Å². The minimum atomic E-state index is -0.685. The van der Waals surface area contributed by atoms with Gasteiger partial charge in [-0.2, -0.15) is 5.10 Å². The highest BCUT2D eigenvalue weighted by Crippen LogP contribution is 2.19. The van der Waals surface area contributed by atoms with Crippen molar-refractivity contribution >= 4 is 11.6 Å². The van der Waals surface area contributed by atoms with Crippen LogP contribution in [-0.2, 0) is 11.8 Å². The Morgan fingerprint density at radius 3 is 3.04 bits per heavy atom. The second-order valence-corrected chi connectivity index (χ2v) is 6.38. The van der Waals surface area contributed by atoms with Gasteiger partial charge in [0, 0.05) is 38.4 Å². The van der Waals surface area contributed by atoms with Crippen molar-refractivity contribution in [2.75, 3.05) is 18.0 Å². The maximum atomic E-state index is 13.2. The fourth-order valence-electron chi connectivity index (χ4n) is 3.02. The van der Waals surface area contributed by atoms with Crippen LogP contribution in [0.5, 0.6) is 5.75 Å². The predicted molar refractivity (Wildman–Crippen MR) is 93.1 cm³/mol. The molecule has 2 aromatic rings. The Labute approximate surface area is 146 Å². The maximum Gasteiger partial charge on any atom is 0.261 e. The fraction of sp³-hybridized carbons (Fsp3) is 0.444. The first-order valence-corrected chi connectivity index (χ1v) is 8.47. The lowest BCUT2D eigenvalue weighted by Crippen LogP contribution is -2.50. The Balaban J connectivity index is 1.54. The molecule has 0 unspecified atom stereocenters. The largest absolute Gasteiger partial charge is 0.481 e. The fourth-order valence-corrected chi connectivity index (χ4v) is 3.02. The van der Waals surface area contributed by atoms with Crippen molar-refractivity contribution in [3.63, 3.8) is 0 Å². The Bertz CT molecular complexity index is 733. The van der Waals surface area contributed by atoms with Crippen molar-refractivity contribution in [2.45, 2.75) is 31.9 Å². The van der Waals surface area contributed by atoms with Crippen molar-refractivity contribution in [3.8, 4) is 5.75 Å². The molecule has 0 bridgehead atoms. The summed E-state index contributed by atoms with van der Waals surface area (Å²) in [7, 11) is 1.89. The van der Waals surface area contributed by atoms with Crippen LogP contribution in [0.1, 0.15) is 19.8 Å². The van der Waals surface area contributed by atoms with E-state index in [1.54, 1.807) is 23.7 Å². The molecule has 6 nitrogen and oxygen atoms in total. The summed E-state index contributed by atoms with van der Waals surface area (Å²) in [6.07, 6.45) is 5.05. The van der Waals surface area contributed by atoms with E-state index in [4.69, 9.17) is 4.74 Å². The third kappa shape index (κ3) is 4.49. The molecule has 7 heteroatoms. The van der Waals surface area contributed by atoms with Crippen LogP contribution in [0.15, 0.2) is 36.7 Å². The second-order valence-electron chi connectivity index (χ2n) is 6.38. The van der Waals surface area contributed by atoms with Crippen LogP contribution >= 0.6 is 0 Å². The maximum absolute atomic E-state index is 13.2. The molecular weight excluding hydrogens is 323 g/mol. The van der Waals surface area contributed by atoms with Gasteiger partial charge in [-0.25, -0.2) is 4.39 Å². The van der Waals surface area contributed by atoms with Crippen LogP contribution < -0.4 is 15.0 Å². The molecule has 0 saturated carbocycles. The first-order valence-electron chi connectivity index (χ1n) is 8.47. The molecule has 25 heavy (non-hydrogen) atoms. The van der Waals surface area contributed by atoms with E-state index in [9.17, 15) is 9.18 Å². The Kier molecular flexibility index (Phi) is 5.21. The summed E-state index contributed by atoms with van der Waals surface area (Å²) in [6, 6.07) is 5.86. The number of aromatic nitrogens is 2. The number of piperidine rings is 1. The van der Waals surface area contributed by atoms with Crippen molar-refractivity contribution in [1.29, 1.82) is 0 Å². The summed E-state index contributed by atoms with van der Waals surface area (Å²) in [4.78, 5) is 14.6. The number of anilines is 1. The lowest BCUT2D eigenvalue weighted by atomic mass is 10.1. The highest BCUT2D eigenvalue weighted by molar-refractivity contribution is 5.81. The zero-order chi connectivity index (χ0) is 17.8. The number of ether oxygens (including phenoxy) is 1. The van der Waals surface area contributed by atoms with E-state index < -0.39 is 6.10 Å². The predicted octanol–water partition coefficient (Wildman–Crippen LogP) is 2.11. The van der Waals surface area contributed by atoms with Crippen LogP contribution in [0.2, 0.25) is 0 Å². The molecule has 1 aromatic heterocycles. The zero-order valence-electron chi connectivity index (χ0n) is 14.5. The number of hydrogen-bond acceptors (Lipinski definition) is 4. The number of nitrogens with one attached hydrogen (secondary N) is 1. The minimum Gasteiger partial charge on any atom is -0.481 e. The monoisotopic (exact) mass is 346 g/mol. The van der Waals surface area contributed by atoms with Gasteiger partial charge in [0.2, 0.25) is 0 Å². The topological polar surface area (TPSA) is 59.4 Å². The molecule has 1 amide bonds. The molecule has 0 radical (unpaired) electrons. The normalized spacial score (nSPS) is 18.7. The molecule has 1 aliphatic heterocycles. The lowest BCUT2D eigenvalue weighted by Gasteiger charge is -2.34. The molecule has 134 valence electrons. The van der Waals surface area contributed by atoms with E-state index >= 15 is 0 Å². The summed E-state index contributed by atoms with van der Waals surface area (Å²) >= 11 is 0. The van der Waals surface area contributed by atoms with Crippen LogP contribution in [0.4, 0.5) is 10.1 Å². The molecule has 0 aliphatic carbocycles. The number of carbonyl (C=O) groups excluding carboxylic acids is 1. The minimum absolute atomic E-state index is 0.0556. The molecule has 1 saturated heterocycles. The number of hydrogen-bond donors (Lipinski definition) is 1. The standard InChI is InChI=1S/C18H23FN4O2/c1-13(25-17-7-3-5-14(19)9-17)18(24)21-15-6-4-8-23(11-15)16-10-20-22(2)12-16/h3,5,7,9-10,12-13,15H,4,6,8,11H2,1-2H3,(H,21,24)/t13-,15-/m0/s1. The molecule has 3 rings (SSSR count). The first kappa shape index (κ1) is 17.3. The summed E-state index contributed by atoms with van der Waals surface area (Å²) in [6.45, 7) is 3.36. The third-order valence-corrected chi connectivity index (χ3v) is 4.30. The number of aryl methyl sites for hydroxylation is 1. The van der Waals surface area contributed by atoms with E-state index in [-0.39, 0.29) is 17.8 Å². The number of amides is 1. The summed E-state index contributed by atoms with van der Waals surface area (Å²) < 4.78 is 20.5. The third-order valence-electron chi connectivity index (χ3n) is 4.30. The van der Waals surface area contributed by atoms with Gasteiger partial charge in [-0.05, 0) is 31.9 Å². The molecule has 1 fully saturated rings. The SMILES string of the molecule is C[C@H](Oc1cccc(F)c1)C(=O)N[C@H]1CCCN(c2cnn(C)c2)C1. The van der Waals surface area contributed by atoms with Gasteiger partial charge in [0.1, 0.15) is 11.6 Å². The zero-order valence-corrected chi connectivity index (χ0v) is 14.5. The molecular formula is C18H23FN4O2. The molecule has 2 heterocycles. The Morgan fingerprint density at radius 2 is 2.32 bits per heavy atom. The summed E-state index contributed by atoms with van der Waals surface area (Å²) in [5.41, 5.74) is 1.06. The molecule has 0 spiro atoms. The highest BCUT2D eigenvalue weighted by atomic mass is 19.1. The van der Waals surface area contributed by atoms with Gasteiger partial charge < -0.3 is 15.0 Å². The number of benzene rings is 1. The van der Waals surface area contributed by atoms with Crippen molar-refractivity contribution < 1.29 is 13.9 Å². The average molecular weight is 346 g/mol. The van der Waals surface area contributed by atoms with Crippen LogP contribution in [0.3, 0.4) is 0 Å². The molecule has 1 aromatic carbocycles. The number of rotatable bonds is 5. The second kappa shape index (κ2) is 7.55. The van der Waals surface area contributed by atoms with Crippen molar-refractivity contribution in [3.05, 3.63) is 42.5 Å². The average Bonchev–Trinajstić information content (AvgIpc) is 3.01. The van der Waals surface area contributed by atoms with E-state index in [0.29, 0.717) is 5.75 Å². The summed E-state index contributed by atoms with van der Waals surface area (Å²) in [5, 5.41) is 7.23. The van der Waals surface area contributed by atoms with Gasteiger partial charge in [0.25, 0.3) is 5.91 Å². The Morgan fingerprint density at radius 1 is 1.48 bits per heavy atom. The van der Waals surface area contributed by atoms with Crippen LogP contribution in [-0.4, -0.2) is 40.9 Å². The highest BCUT2D eigenvalue weighted by Gasteiger charge is 2.25. The van der Waals surface area contributed by atoms with Gasteiger partial charge >= 0.3 is 0 Å². The van der Waals surface area contributed by atoms with Crippen LogP contribution in [0, 0.1) is 5.82 Å². The van der Waals surface area contributed by atoms with Crippen LogP contribution in [0.25, 0.3) is 0 Å². The molecule has 1 N–H and O–H groups in total. The van der Waals surface area contributed by atoms with Crippen molar-refractivity contribution in [2.24, 2.45) is 7.05 Å². The van der Waals surface area contributed by atoms with Gasteiger partial charge in [0.15, 0.2) is 6.10 Å². The van der Waals surface area contributed by atoms with E-state index in [1.165, 1.54) is 12.1 Å². The summed E-state index contributed by atoms with van der Waals surface area (Å²) in [5.74, 6) is -0.227. The van der Waals surface area contributed by atoms with E-state index in [0.717, 1.165) is 31.6 Å². The molecule has 1 aliphatic rings. The van der Waals surface area contributed by atoms with E-state index in [1.807, 2.05) is 19.4 Å². The smallest absolute Gasteiger partial charge is 0.261 e. The first-order chi connectivity index (χ1) is 12.0.